The van der Waals surface area contributed by atoms with Crippen LogP contribution in [-0.4, -0.2) is 12.6 Å². The fourth-order valence-electron chi connectivity index (χ4n) is 2.92. The molecule has 0 radical (unpaired) electrons. The van der Waals surface area contributed by atoms with E-state index in [0.717, 1.165) is 12.1 Å². The Bertz CT molecular complexity index is 444. The Morgan fingerprint density at radius 1 is 1.30 bits per heavy atom. The third-order valence-electron chi connectivity index (χ3n) is 4.04. The molecule has 1 nitrogen and oxygen atoms in total. The molecule has 1 aliphatic rings. The van der Waals surface area contributed by atoms with Gasteiger partial charge in [-0.3, -0.25) is 0 Å². The highest BCUT2D eigenvalue weighted by Crippen LogP contribution is 2.30. The third-order valence-corrected chi connectivity index (χ3v) is 4.04. The molecule has 0 heterocycles. The second-order valence-corrected chi connectivity index (χ2v) is 6.14. The summed E-state index contributed by atoms with van der Waals surface area (Å²) in [7, 11) is 0. The Balaban J connectivity index is 2.15. The van der Waals surface area contributed by atoms with Crippen molar-refractivity contribution in [2.45, 2.75) is 52.0 Å². The van der Waals surface area contributed by atoms with Crippen LogP contribution in [0, 0.1) is 11.7 Å². The molecular formula is C18H26FN. The summed E-state index contributed by atoms with van der Waals surface area (Å²) >= 11 is 0. The maximum atomic E-state index is 13.3. The van der Waals surface area contributed by atoms with Crippen LogP contribution in [0.1, 0.15) is 51.5 Å². The topological polar surface area (TPSA) is 12.0 Å². The quantitative estimate of drug-likeness (QED) is 0.815. The van der Waals surface area contributed by atoms with Gasteiger partial charge in [0.25, 0.3) is 0 Å². The average molecular weight is 275 g/mol. The van der Waals surface area contributed by atoms with Gasteiger partial charge in [-0.2, -0.15) is 0 Å². The molecule has 110 valence electrons. The summed E-state index contributed by atoms with van der Waals surface area (Å²) in [5.41, 5.74) is 2.42. The smallest absolute Gasteiger partial charge is 0.123 e. The summed E-state index contributed by atoms with van der Waals surface area (Å²) in [5.74, 6) is 0.511. The van der Waals surface area contributed by atoms with Crippen molar-refractivity contribution in [2.24, 2.45) is 5.92 Å². The van der Waals surface area contributed by atoms with E-state index in [1.165, 1.54) is 43.7 Å². The molecular weight excluding hydrogens is 249 g/mol. The molecule has 1 aliphatic carbocycles. The SMILES string of the molecule is CC(C)NC/C(=C/c1cccc(F)c1)C1CCCCC1. The first kappa shape index (κ1) is 15.2. The Morgan fingerprint density at radius 3 is 2.70 bits per heavy atom. The molecule has 2 rings (SSSR count). The van der Waals surface area contributed by atoms with Crippen molar-refractivity contribution in [3.63, 3.8) is 0 Å². The maximum Gasteiger partial charge on any atom is 0.123 e. The maximum absolute atomic E-state index is 13.3. The van der Waals surface area contributed by atoms with E-state index < -0.39 is 0 Å². The van der Waals surface area contributed by atoms with Gasteiger partial charge < -0.3 is 5.32 Å². The van der Waals surface area contributed by atoms with E-state index in [9.17, 15) is 4.39 Å². The van der Waals surface area contributed by atoms with Crippen LogP contribution < -0.4 is 5.32 Å². The molecule has 0 unspecified atom stereocenters. The highest BCUT2D eigenvalue weighted by atomic mass is 19.1. The van der Waals surface area contributed by atoms with E-state index in [1.54, 1.807) is 12.1 Å². The normalized spacial score (nSPS) is 17.7. The van der Waals surface area contributed by atoms with Crippen LogP contribution in [0.3, 0.4) is 0 Å². The van der Waals surface area contributed by atoms with Gasteiger partial charge in [0.2, 0.25) is 0 Å². The number of benzene rings is 1. The van der Waals surface area contributed by atoms with Gasteiger partial charge in [0.05, 0.1) is 0 Å². The number of hydrogen-bond donors (Lipinski definition) is 1. The largest absolute Gasteiger partial charge is 0.311 e. The van der Waals surface area contributed by atoms with E-state index in [4.69, 9.17) is 0 Å². The number of rotatable bonds is 5. The van der Waals surface area contributed by atoms with Gasteiger partial charge >= 0.3 is 0 Å². The molecule has 0 aliphatic heterocycles. The zero-order valence-corrected chi connectivity index (χ0v) is 12.7. The minimum Gasteiger partial charge on any atom is -0.311 e. The standard InChI is InChI=1S/C18H26FN/c1-14(2)20-13-17(16-8-4-3-5-9-16)11-15-7-6-10-18(19)12-15/h6-7,10-12,14,16,20H,3-5,8-9,13H2,1-2H3/b17-11-. The molecule has 0 saturated heterocycles. The predicted octanol–water partition coefficient (Wildman–Crippen LogP) is 4.79. The third kappa shape index (κ3) is 4.75. The average Bonchev–Trinajstić information content (AvgIpc) is 2.44. The summed E-state index contributed by atoms with van der Waals surface area (Å²) in [5, 5.41) is 3.52. The molecule has 1 N–H and O–H groups in total. The van der Waals surface area contributed by atoms with E-state index >= 15 is 0 Å². The van der Waals surface area contributed by atoms with Gasteiger partial charge in [-0.15, -0.1) is 0 Å². The highest BCUT2D eigenvalue weighted by Gasteiger charge is 2.17. The minimum absolute atomic E-state index is 0.154. The summed E-state index contributed by atoms with van der Waals surface area (Å²) < 4.78 is 13.3. The highest BCUT2D eigenvalue weighted by molar-refractivity contribution is 5.54. The van der Waals surface area contributed by atoms with Gasteiger partial charge in [-0.1, -0.05) is 56.9 Å². The van der Waals surface area contributed by atoms with Crippen molar-refractivity contribution >= 4 is 6.08 Å². The zero-order valence-electron chi connectivity index (χ0n) is 12.7. The lowest BCUT2D eigenvalue weighted by molar-refractivity contribution is 0.394. The van der Waals surface area contributed by atoms with Crippen LogP contribution in [0.4, 0.5) is 4.39 Å². The van der Waals surface area contributed by atoms with E-state index in [2.05, 4.69) is 25.2 Å². The van der Waals surface area contributed by atoms with Crippen molar-refractivity contribution in [3.05, 3.63) is 41.2 Å². The fourth-order valence-corrected chi connectivity index (χ4v) is 2.92. The molecule has 20 heavy (non-hydrogen) atoms. The number of hydrogen-bond acceptors (Lipinski definition) is 1. The van der Waals surface area contributed by atoms with Gasteiger partial charge in [0.15, 0.2) is 0 Å². The summed E-state index contributed by atoms with van der Waals surface area (Å²) in [6.07, 6.45) is 8.76. The van der Waals surface area contributed by atoms with Crippen LogP contribution in [0.5, 0.6) is 0 Å². The summed E-state index contributed by atoms with van der Waals surface area (Å²) in [6, 6.07) is 7.38. The molecule has 2 heteroatoms. The number of nitrogens with one attached hydrogen (secondary N) is 1. The van der Waals surface area contributed by atoms with E-state index in [1.807, 2.05) is 6.07 Å². The first-order chi connectivity index (χ1) is 9.65. The molecule has 0 atom stereocenters. The monoisotopic (exact) mass is 275 g/mol. The lowest BCUT2D eigenvalue weighted by atomic mass is 9.83. The molecule has 1 aromatic carbocycles. The van der Waals surface area contributed by atoms with E-state index in [0.29, 0.717) is 12.0 Å². The van der Waals surface area contributed by atoms with Crippen molar-refractivity contribution in [1.29, 1.82) is 0 Å². The predicted molar refractivity (Wildman–Crippen MR) is 84.1 cm³/mol. The molecule has 1 saturated carbocycles. The Labute approximate surface area is 122 Å². The molecule has 1 fully saturated rings. The van der Waals surface area contributed by atoms with Crippen LogP contribution >= 0.6 is 0 Å². The molecule has 1 aromatic rings. The fraction of sp³-hybridized carbons (Fsp3) is 0.556. The molecule has 0 amide bonds. The Morgan fingerprint density at radius 2 is 2.05 bits per heavy atom. The van der Waals surface area contributed by atoms with Crippen LogP contribution in [0.2, 0.25) is 0 Å². The molecule has 0 aromatic heterocycles. The second kappa shape index (κ2) is 7.58. The van der Waals surface area contributed by atoms with Gasteiger partial charge in [-0.25, -0.2) is 4.39 Å². The molecule has 0 spiro atoms. The van der Waals surface area contributed by atoms with Crippen molar-refractivity contribution in [2.75, 3.05) is 6.54 Å². The first-order valence-electron chi connectivity index (χ1n) is 7.84. The van der Waals surface area contributed by atoms with Crippen LogP contribution in [0.25, 0.3) is 6.08 Å². The summed E-state index contributed by atoms with van der Waals surface area (Å²) in [6.45, 7) is 5.25. The second-order valence-electron chi connectivity index (χ2n) is 6.14. The van der Waals surface area contributed by atoms with Crippen molar-refractivity contribution < 1.29 is 4.39 Å². The van der Waals surface area contributed by atoms with Gasteiger partial charge in [0, 0.05) is 12.6 Å². The van der Waals surface area contributed by atoms with Crippen molar-refractivity contribution in [1.82, 2.24) is 5.32 Å². The van der Waals surface area contributed by atoms with Crippen molar-refractivity contribution in [3.8, 4) is 0 Å². The van der Waals surface area contributed by atoms with Crippen LogP contribution in [0.15, 0.2) is 29.8 Å². The molecule has 0 bridgehead atoms. The van der Waals surface area contributed by atoms with Gasteiger partial charge in [0.1, 0.15) is 5.82 Å². The first-order valence-corrected chi connectivity index (χ1v) is 7.84. The number of halogens is 1. The van der Waals surface area contributed by atoms with E-state index in [-0.39, 0.29) is 5.82 Å². The Hall–Kier alpha value is -1.15. The lowest BCUT2D eigenvalue weighted by Gasteiger charge is -2.25. The minimum atomic E-state index is -0.154. The zero-order chi connectivity index (χ0) is 14.4. The van der Waals surface area contributed by atoms with Gasteiger partial charge in [-0.05, 0) is 36.5 Å². The van der Waals surface area contributed by atoms with Crippen LogP contribution in [-0.2, 0) is 0 Å². The summed E-state index contributed by atoms with van der Waals surface area (Å²) in [4.78, 5) is 0. The Kier molecular flexibility index (Phi) is 5.78. The lowest BCUT2D eigenvalue weighted by Crippen LogP contribution is -2.27.